The van der Waals surface area contributed by atoms with Crippen molar-refractivity contribution in [1.29, 1.82) is 0 Å². The Labute approximate surface area is 128 Å². The van der Waals surface area contributed by atoms with Gasteiger partial charge < -0.3 is 14.6 Å². The molecule has 0 bridgehead atoms. The predicted octanol–water partition coefficient (Wildman–Crippen LogP) is 1.60. The molecule has 1 unspecified atom stereocenters. The minimum Gasteiger partial charge on any atom is -0.489 e. The van der Waals surface area contributed by atoms with Crippen LogP contribution in [0.2, 0.25) is 0 Å². The summed E-state index contributed by atoms with van der Waals surface area (Å²) in [4.78, 5) is 11.4. The lowest BCUT2D eigenvalue weighted by molar-refractivity contribution is -0.155. The van der Waals surface area contributed by atoms with Crippen molar-refractivity contribution in [2.45, 2.75) is 25.5 Å². The van der Waals surface area contributed by atoms with Gasteiger partial charge in [0.25, 0.3) is 6.41 Å². The highest BCUT2D eigenvalue weighted by Crippen LogP contribution is 2.17. The molecule has 0 radical (unpaired) electrons. The lowest BCUT2D eigenvalue weighted by Gasteiger charge is -2.09. The van der Waals surface area contributed by atoms with Gasteiger partial charge in [0.05, 0.1) is 0 Å². The summed E-state index contributed by atoms with van der Waals surface area (Å²) in [6.45, 7) is 0.517. The monoisotopic (exact) mass is 299 g/mol. The number of nitrogens with one attached hydrogen (secondary N) is 1. The maximum Gasteiger partial charge on any atom is 0.326 e. The molecule has 2 atom stereocenters. The second kappa shape index (κ2) is 6.60. The van der Waals surface area contributed by atoms with Gasteiger partial charge in [0, 0.05) is 0 Å². The van der Waals surface area contributed by atoms with Crippen LogP contribution < -0.4 is 10.1 Å². The highest BCUT2D eigenvalue weighted by atomic mass is 16.7. The summed E-state index contributed by atoms with van der Waals surface area (Å²) < 4.78 is 10.3. The predicted molar refractivity (Wildman–Crippen MR) is 79.9 cm³/mol. The molecule has 2 aromatic rings. The molecule has 0 aromatic heterocycles. The van der Waals surface area contributed by atoms with Gasteiger partial charge in [-0.1, -0.05) is 42.5 Å². The van der Waals surface area contributed by atoms with Gasteiger partial charge in [-0.2, -0.15) is 0 Å². The van der Waals surface area contributed by atoms with Crippen LogP contribution in [0.15, 0.2) is 54.6 Å². The van der Waals surface area contributed by atoms with E-state index in [4.69, 9.17) is 4.74 Å². The van der Waals surface area contributed by atoms with E-state index in [9.17, 15) is 9.90 Å². The van der Waals surface area contributed by atoms with E-state index >= 15 is 0 Å². The van der Waals surface area contributed by atoms with Crippen LogP contribution in [-0.2, 0) is 22.6 Å². The lowest BCUT2D eigenvalue weighted by atomic mass is 10.1. The van der Waals surface area contributed by atoms with E-state index in [2.05, 4.69) is 10.1 Å². The molecule has 0 aliphatic carbocycles. The smallest absolute Gasteiger partial charge is 0.326 e. The first-order chi connectivity index (χ1) is 10.7. The van der Waals surface area contributed by atoms with E-state index in [1.807, 2.05) is 54.6 Å². The highest BCUT2D eigenvalue weighted by Gasteiger charge is 2.32. The number of hydrogen-bond acceptors (Lipinski definition) is 5. The minimum absolute atomic E-state index is 0.433. The number of aliphatic hydroxyl groups excluding tert-OH is 1. The Morgan fingerprint density at radius 1 is 1.05 bits per heavy atom. The third-order valence-corrected chi connectivity index (χ3v) is 3.47. The summed E-state index contributed by atoms with van der Waals surface area (Å²) in [5.74, 6) is 0.339. The molecule has 1 aliphatic rings. The molecule has 1 heterocycles. The second-order valence-electron chi connectivity index (χ2n) is 5.13. The number of benzene rings is 2. The largest absolute Gasteiger partial charge is 0.489 e. The molecule has 1 saturated heterocycles. The van der Waals surface area contributed by atoms with E-state index in [1.54, 1.807) is 0 Å². The number of carbonyl (C=O) groups excluding carboxylic acids is 1. The molecular formula is C17H17NO4. The molecule has 1 aliphatic heterocycles. The van der Waals surface area contributed by atoms with Gasteiger partial charge in [0.2, 0.25) is 0 Å². The van der Waals surface area contributed by atoms with Gasteiger partial charge in [-0.15, -0.1) is 0 Å². The SMILES string of the molecule is O=C1OC(O)N[C@H]1Cc1ccc(OCc2ccccc2)cc1. The molecule has 1 fully saturated rings. The highest BCUT2D eigenvalue weighted by molar-refractivity contribution is 5.78. The van der Waals surface area contributed by atoms with E-state index < -0.39 is 18.4 Å². The van der Waals surface area contributed by atoms with Crippen molar-refractivity contribution >= 4 is 5.97 Å². The van der Waals surface area contributed by atoms with Crippen molar-refractivity contribution in [3.8, 4) is 5.75 Å². The first-order valence-electron chi connectivity index (χ1n) is 7.11. The Kier molecular flexibility index (Phi) is 4.37. The number of cyclic esters (lactones) is 1. The molecular weight excluding hydrogens is 282 g/mol. The van der Waals surface area contributed by atoms with E-state index in [0.717, 1.165) is 16.9 Å². The Balaban J connectivity index is 1.55. The maximum absolute atomic E-state index is 11.4. The molecule has 0 spiro atoms. The van der Waals surface area contributed by atoms with Crippen molar-refractivity contribution < 1.29 is 19.4 Å². The van der Waals surface area contributed by atoms with Crippen LogP contribution in [0, 0.1) is 0 Å². The molecule has 2 N–H and O–H groups in total. The summed E-state index contributed by atoms with van der Waals surface area (Å²) in [6.07, 6.45) is -0.736. The van der Waals surface area contributed by atoms with E-state index in [-0.39, 0.29) is 0 Å². The van der Waals surface area contributed by atoms with Gasteiger partial charge >= 0.3 is 5.97 Å². The Hall–Kier alpha value is -2.37. The van der Waals surface area contributed by atoms with Crippen LogP contribution in [0.3, 0.4) is 0 Å². The standard InChI is InChI=1S/C17H17NO4/c19-16-15(18-17(20)22-16)10-12-6-8-14(9-7-12)21-11-13-4-2-1-3-5-13/h1-9,15,17-18,20H,10-11H2/t15-,17?/m0/s1. The average Bonchev–Trinajstić information content (AvgIpc) is 2.85. The number of aliphatic hydroxyl groups is 1. The maximum atomic E-state index is 11.4. The fraction of sp³-hybridized carbons (Fsp3) is 0.235. The van der Waals surface area contributed by atoms with Crippen molar-refractivity contribution in [2.24, 2.45) is 0 Å². The van der Waals surface area contributed by atoms with Gasteiger partial charge in [0.1, 0.15) is 18.4 Å². The summed E-state index contributed by atoms with van der Waals surface area (Å²) in [5.41, 5.74) is 2.08. The third kappa shape index (κ3) is 3.63. The fourth-order valence-electron chi connectivity index (χ4n) is 2.31. The zero-order valence-corrected chi connectivity index (χ0v) is 11.9. The van der Waals surface area contributed by atoms with Gasteiger partial charge in [0.15, 0.2) is 0 Å². The topological polar surface area (TPSA) is 67.8 Å². The lowest BCUT2D eigenvalue weighted by Crippen LogP contribution is -2.33. The summed E-state index contributed by atoms with van der Waals surface area (Å²) in [6, 6.07) is 17.0. The number of hydrogen-bond donors (Lipinski definition) is 2. The first kappa shape index (κ1) is 14.6. The molecule has 0 amide bonds. The summed E-state index contributed by atoms with van der Waals surface area (Å²) in [7, 11) is 0. The Morgan fingerprint density at radius 2 is 1.77 bits per heavy atom. The molecule has 0 saturated carbocycles. The van der Waals surface area contributed by atoms with Gasteiger partial charge in [-0.3, -0.25) is 4.79 Å². The number of rotatable bonds is 5. The molecule has 3 rings (SSSR count). The number of carbonyl (C=O) groups is 1. The molecule has 22 heavy (non-hydrogen) atoms. The van der Waals surface area contributed by atoms with Gasteiger partial charge in [-0.05, 0) is 29.7 Å². The Bertz CT molecular complexity index is 627. The normalized spacial score (nSPS) is 20.7. The van der Waals surface area contributed by atoms with Gasteiger partial charge in [-0.25, -0.2) is 5.32 Å². The summed E-state index contributed by atoms with van der Waals surface area (Å²) >= 11 is 0. The molecule has 5 heteroatoms. The zero-order valence-electron chi connectivity index (χ0n) is 11.9. The van der Waals surface area contributed by atoms with Crippen LogP contribution in [0.5, 0.6) is 5.75 Å². The van der Waals surface area contributed by atoms with Crippen LogP contribution >= 0.6 is 0 Å². The van der Waals surface area contributed by atoms with Crippen molar-refractivity contribution in [2.75, 3.05) is 0 Å². The van der Waals surface area contributed by atoms with Crippen molar-refractivity contribution in [3.63, 3.8) is 0 Å². The second-order valence-corrected chi connectivity index (χ2v) is 5.13. The van der Waals surface area contributed by atoms with E-state index in [0.29, 0.717) is 13.0 Å². The first-order valence-corrected chi connectivity index (χ1v) is 7.11. The fourth-order valence-corrected chi connectivity index (χ4v) is 2.31. The minimum atomic E-state index is -1.20. The van der Waals surface area contributed by atoms with Crippen LogP contribution in [0.1, 0.15) is 11.1 Å². The molecule has 5 nitrogen and oxygen atoms in total. The quantitative estimate of drug-likeness (QED) is 0.821. The Morgan fingerprint density at radius 3 is 2.41 bits per heavy atom. The van der Waals surface area contributed by atoms with Crippen molar-refractivity contribution in [1.82, 2.24) is 5.32 Å². The van der Waals surface area contributed by atoms with Crippen LogP contribution in [0.4, 0.5) is 0 Å². The number of esters is 1. The van der Waals surface area contributed by atoms with E-state index in [1.165, 1.54) is 0 Å². The molecule has 114 valence electrons. The number of ether oxygens (including phenoxy) is 2. The zero-order chi connectivity index (χ0) is 15.4. The third-order valence-electron chi connectivity index (χ3n) is 3.47. The molecule has 2 aromatic carbocycles. The van der Waals surface area contributed by atoms with Crippen LogP contribution in [-0.4, -0.2) is 23.5 Å². The van der Waals surface area contributed by atoms with Crippen molar-refractivity contribution in [3.05, 3.63) is 65.7 Å². The summed E-state index contributed by atoms with van der Waals surface area (Å²) in [5, 5.41) is 11.9. The van der Waals surface area contributed by atoms with Crippen LogP contribution in [0.25, 0.3) is 0 Å². The average molecular weight is 299 g/mol.